The van der Waals surface area contributed by atoms with Crippen molar-refractivity contribution in [3.63, 3.8) is 0 Å². The quantitative estimate of drug-likeness (QED) is 0.458. The standard InChI is InChI=1S/C16H16N4O5/c1-18-14(22)16(13(21)17-15(18)23)8-9-7-10(20(24)25)4-5-11(9)19-6-2-3-12(16)19/h4-5,7,12H,2-3,6,8H2,1H3,(H,17,21,23)/t12-,16-/m0/s1. The number of nitrogens with one attached hydrogen (secondary N) is 1. The van der Waals surface area contributed by atoms with Crippen molar-refractivity contribution in [1.29, 1.82) is 0 Å². The molecule has 2 saturated heterocycles. The lowest BCUT2D eigenvalue weighted by molar-refractivity contribution is -0.384. The Kier molecular flexibility index (Phi) is 3.12. The number of nitro benzene ring substituents is 1. The molecule has 0 aliphatic carbocycles. The Labute approximate surface area is 142 Å². The third-order valence-electron chi connectivity index (χ3n) is 5.49. The van der Waals surface area contributed by atoms with Gasteiger partial charge < -0.3 is 4.90 Å². The molecule has 1 aromatic carbocycles. The highest BCUT2D eigenvalue weighted by Gasteiger charge is 2.62. The summed E-state index contributed by atoms with van der Waals surface area (Å²) < 4.78 is 0. The lowest BCUT2D eigenvalue weighted by Gasteiger charge is -2.48. The molecule has 1 N–H and O–H groups in total. The molecule has 3 aliphatic heterocycles. The SMILES string of the molecule is CN1C(=O)NC(=O)[C@@]2(Cc3cc([N+](=O)[O-])ccc3N3CCC[C@H]32)C1=O. The fourth-order valence-corrected chi connectivity index (χ4v) is 4.32. The van der Waals surface area contributed by atoms with Gasteiger partial charge in [-0.25, -0.2) is 4.79 Å². The first-order chi connectivity index (χ1) is 11.9. The Morgan fingerprint density at radius 3 is 2.80 bits per heavy atom. The average molecular weight is 344 g/mol. The normalized spacial score (nSPS) is 28.0. The van der Waals surface area contributed by atoms with Gasteiger partial charge in [0.15, 0.2) is 5.41 Å². The molecule has 9 nitrogen and oxygen atoms in total. The van der Waals surface area contributed by atoms with Crippen molar-refractivity contribution >= 4 is 29.2 Å². The molecule has 0 bridgehead atoms. The Morgan fingerprint density at radius 2 is 2.08 bits per heavy atom. The summed E-state index contributed by atoms with van der Waals surface area (Å²) in [7, 11) is 1.34. The number of nitro groups is 1. The van der Waals surface area contributed by atoms with Gasteiger partial charge in [0, 0.05) is 37.8 Å². The smallest absolute Gasteiger partial charge is 0.330 e. The van der Waals surface area contributed by atoms with E-state index in [1.807, 2.05) is 4.90 Å². The van der Waals surface area contributed by atoms with Crippen molar-refractivity contribution in [3.05, 3.63) is 33.9 Å². The Hall–Kier alpha value is -2.97. The van der Waals surface area contributed by atoms with Gasteiger partial charge in [0.1, 0.15) is 0 Å². The summed E-state index contributed by atoms with van der Waals surface area (Å²) in [6.45, 7) is 0.662. The van der Waals surface area contributed by atoms with E-state index in [4.69, 9.17) is 0 Å². The number of benzene rings is 1. The monoisotopic (exact) mass is 344 g/mol. The van der Waals surface area contributed by atoms with E-state index in [-0.39, 0.29) is 18.2 Å². The van der Waals surface area contributed by atoms with Crippen LogP contribution in [-0.4, -0.2) is 47.3 Å². The number of carbonyl (C=O) groups excluding carboxylic acids is 3. The van der Waals surface area contributed by atoms with Crippen molar-refractivity contribution in [1.82, 2.24) is 10.2 Å². The lowest BCUT2D eigenvalue weighted by Crippen LogP contribution is -2.70. The van der Waals surface area contributed by atoms with Crippen LogP contribution in [0.5, 0.6) is 0 Å². The van der Waals surface area contributed by atoms with E-state index < -0.39 is 28.2 Å². The van der Waals surface area contributed by atoms with Crippen LogP contribution in [0.25, 0.3) is 0 Å². The molecule has 1 spiro atoms. The van der Waals surface area contributed by atoms with Crippen molar-refractivity contribution in [2.45, 2.75) is 25.3 Å². The van der Waals surface area contributed by atoms with Crippen LogP contribution in [-0.2, 0) is 16.0 Å². The number of fused-ring (bicyclic) bond motifs is 4. The van der Waals surface area contributed by atoms with Crippen molar-refractivity contribution in [2.24, 2.45) is 5.41 Å². The maximum Gasteiger partial charge on any atom is 0.330 e. The van der Waals surface area contributed by atoms with Gasteiger partial charge >= 0.3 is 6.03 Å². The van der Waals surface area contributed by atoms with Crippen LogP contribution >= 0.6 is 0 Å². The third kappa shape index (κ3) is 1.92. The fraction of sp³-hybridized carbons (Fsp3) is 0.438. The van der Waals surface area contributed by atoms with Crippen LogP contribution < -0.4 is 10.2 Å². The first kappa shape index (κ1) is 15.6. The van der Waals surface area contributed by atoms with Gasteiger partial charge in [0.25, 0.3) is 5.69 Å². The molecule has 3 heterocycles. The summed E-state index contributed by atoms with van der Waals surface area (Å²) >= 11 is 0. The molecule has 0 saturated carbocycles. The highest BCUT2D eigenvalue weighted by atomic mass is 16.6. The number of anilines is 1. The number of nitrogens with zero attached hydrogens (tertiary/aromatic N) is 3. The van der Waals surface area contributed by atoms with Crippen molar-refractivity contribution < 1.29 is 19.3 Å². The van der Waals surface area contributed by atoms with Gasteiger partial charge in [-0.1, -0.05) is 0 Å². The average Bonchev–Trinajstić information content (AvgIpc) is 3.08. The third-order valence-corrected chi connectivity index (χ3v) is 5.49. The maximum absolute atomic E-state index is 13.0. The predicted molar refractivity (Wildman–Crippen MR) is 85.9 cm³/mol. The predicted octanol–water partition coefficient (Wildman–Crippen LogP) is 0.814. The summed E-state index contributed by atoms with van der Waals surface area (Å²) in [6.07, 6.45) is 1.51. The molecule has 0 unspecified atom stereocenters. The molecule has 1 aromatic rings. The second kappa shape index (κ2) is 5.01. The number of imide groups is 2. The molecule has 0 aromatic heterocycles. The zero-order valence-corrected chi connectivity index (χ0v) is 13.5. The van der Waals surface area contributed by atoms with Crippen LogP contribution in [0.2, 0.25) is 0 Å². The van der Waals surface area contributed by atoms with Crippen LogP contribution in [0.15, 0.2) is 18.2 Å². The molecule has 3 aliphatic rings. The molecule has 0 radical (unpaired) electrons. The first-order valence-electron chi connectivity index (χ1n) is 8.04. The Bertz CT molecular complexity index is 838. The van der Waals surface area contributed by atoms with Gasteiger partial charge in [-0.3, -0.25) is 29.9 Å². The number of carbonyl (C=O) groups is 3. The van der Waals surface area contributed by atoms with Crippen molar-refractivity contribution in [3.8, 4) is 0 Å². The van der Waals surface area contributed by atoms with Crippen LogP contribution in [0, 0.1) is 15.5 Å². The molecule has 130 valence electrons. The largest absolute Gasteiger partial charge is 0.367 e. The number of hydrogen-bond donors (Lipinski definition) is 1. The van der Waals surface area contributed by atoms with Gasteiger partial charge in [-0.15, -0.1) is 0 Å². The minimum atomic E-state index is -1.43. The second-order valence-electron chi connectivity index (χ2n) is 6.69. The van der Waals surface area contributed by atoms with Crippen LogP contribution in [0.3, 0.4) is 0 Å². The van der Waals surface area contributed by atoms with Gasteiger partial charge in [-0.2, -0.15) is 0 Å². The molecule has 9 heteroatoms. The van der Waals surface area contributed by atoms with E-state index in [1.54, 1.807) is 6.07 Å². The highest BCUT2D eigenvalue weighted by molar-refractivity contribution is 6.20. The molecular weight excluding hydrogens is 328 g/mol. The first-order valence-corrected chi connectivity index (χ1v) is 8.04. The maximum atomic E-state index is 13.0. The second-order valence-corrected chi connectivity index (χ2v) is 6.69. The van der Waals surface area contributed by atoms with E-state index in [1.165, 1.54) is 19.2 Å². The van der Waals surface area contributed by atoms with E-state index in [0.717, 1.165) is 17.0 Å². The summed E-state index contributed by atoms with van der Waals surface area (Å²) in [5.41, 5.74) is -0.112. The van der Waals surface area contributed by atoms with Crippen LogP contribution in [0.4, 0.5) is 16.2 Å². The van der Waals surface area contributed by atoms with E-state index in [9.17, 15) is 24.5 Å². The molecule has 2 fully saturated rings. The summed E-state index contributed by atoms with van der Waals surface area (Å²) in [4.78, 5) is 51.0. The lowest BCUT2D eigenvalue weighted by atomic mass is 9.68. The van der Waals surface area contributed by atoms with Gasteiger partial charge in [-0.05, 0) is 24.5 Å². The highest BCUT2D eigenvalue weighted by Crippen LogP contribution is 2.48. The Morgan fingerprint density at radius 1 is 1.32 bits per heavy atom. The number of barbiturate groups is 1. The summed E-state index contributed by atoms with van der Waals surface area (Å²) in [5, 5.41) is 13.4. The zero-order chi connectivity index (χ0) is 17.9. The Balaban J connectivity index is 1.89. The molecule has 4 amide bonds. The number of amides is 4. The van der Waals surface area contributed by atoms with E-state index >= 15 is 0 Å². The minimum absolute atomic E-state index is 0.0491. The number of non-ortho nitro benzene ring substituents is 1. The topological polar surface area (TPSA) is 113 Å². The van der Waals surface area contributed by atoms with Gasteiger partial charge in [0.2, 0.25) is 11.8 Å². The van der Waals surface area contributed by atoms with Gasteiger partial charge in [0.05, 0.1) is 11.0 Å². The minimum Gasteiger partial charge on any atom is -0.367 e. The van der Waals surface area contributed by atoms with Crippen LogP contribution in [0.1, 0.15) is 18.4 Å². The molecular formula is C16H16N4O5. The number of rotatable bonds is 1. The number of urea groups is 1. The summed E-state index contributed by atoms with van der Waals surface area (Å²) in [6, 6.07) is 3.44. The zero-order valence-electron chi connectivity index (χ0n) is 13.5. The molecule has 4 rings (SSSR count). The summed E-state index contributed by atoms with van der Waals surface area (Å²) in [5.74, 6) is -1.16. The molecule has 2 atom stereocenters. The van der Waals surface area contributed by atoms with E-state index in [2.05, 4.69) is 5.32 Å². The van der Waals surface area contributed by atoms with Crippen molar-refractivity contribution in [2.75, 3.05) is 18.5 Å². The number of hydrogen-bond acceptors (Lipinski definition) is 6. The van der Waals surface area contributed by atoms with E-state index in [0.29, 0.717) is 18.5 Å². The fourth-order valence-electron chi connectivity index (χ4n) is 4.32. The molecule has 25 heavy (non-hydrogen) atoms.